The lowest BCUT2D eigenvalue weighted by Crippen LogP contribution is -2.50. The van der Waals surface area contributed by atoms with E-state index in [0.717, 1.165) is 19.6 Å². The van der Waals surface area contributed by atoms with Crippen LogP contribution >= 0.6 is 11.6 Å². The number of urea groups is 1. The van der Waals surface area contributed by atoms with Crippen LogP contribution in [0.2, 0.25) is 5.02 Å². The van der Waals surface area contributed by atoms with Gasteiger partial charge < -0.3 is 15.1 Å². The topological polar surface area (TPSA) is 69.7 Å². The van der Waals surface area contributed by atoms with Crippen molar-refractivity contribution in [3.8, 4) is 0 Å². The zero-order chi connectivity index (χ0) is 18.6. The highest BCUT2D eigenvalue weighted by atomic mass is 35.5. The van der Waals surface area contributed by atoms with Crippen LogP contribution in [0.4, 0.5) is 4.79 Å². The molecule has 2 amide bonds. The van der Waals surface area contributed by atoms with Crippen LogP contribution in [0.3, 0.4) is 0 Å². The lowest BCUT2D eigenvalue weighted by atomic mass is 10.1. The molecule has 1 N–H and O–H groups in total. The van der Waals surface area contributed by atoms with E-state index in [1.165, 1.54) is 18.9 Å². The lowest BCUT2D eigenvalue weighted by Gasteiger charge is -2.32. The number of sulfone groups is 1. The van der Waals surface area contributed by atoms with E-state index >= 15 is 0 Å². The summed E-state index contributed by atoms with van der Waals surface area (Å²) in [7, 11) is -3.50. The Morgan fingerprint density at radius 1 is 1.19 bits per heavy atom. The second-order valence-electron chi connectivity index (χ2n) is 6.99. The minimum Gasteiger partial charge on any atom is -0.337 e. The van der Waals surface area contributed by atoms with Crippen LogP contribution < -0.4 is 5.32 Å². The first-order chi connectivity index (χ1) is 12.5. The Morgan fingerprint density at radius 3 is 2.69 bits per heavy atom. The Morgan fingerprint density at radius 2 is 1.96 bits per heavy atom. The molecule has 2 saturated heterocycles. The summed E-state index contributed by atoms with van der Waals surface area (Å²) in [6.07, 6.45) is 3.70. The van der Waals surface area contributed by atoms with Crippen molar-refractivity contribution in [3.05, 3.63) is 29.3 Å². The van der Waals surface area contributed by atoms with Crippen molar-refractivity contribution in [2.45, 2.75) is 35.8 Å². The molecule has 0 aromatic heterocycles. The molecule has 26 heavy (non-hydrogen) atoms. The summed E-state index contributed by atoms with van der Waals surface area (Å²) in [4.78, 5) is 16.6. The Balaban J connectivity index is 1.56. The van der Waals surface area contributed by atoms with Crippen molar-refractivity contribution in [1.29, 1.82) is 0 Å². The van der Waals surface area contributed by atoms with Gasteiger partial charge in [0.15, 0.2) is 9.84 Å². The fraction of sp³-hybridized carbons (Fsp3) is 0.611. The number of rotatable bonds is 5. The molecule has 3 rings (SSSR count). The molecular weight excluding hydrogens is 374 g/mol. The largest absolute Gasteiger partial charge is 0.337 e. The van der Waals surface area contributed by atoms with E-state index in [-0.39, 0.29) is 17.5 Å². The first kappa shape index (κ1) is 19.5. The zero-order valence-electron chi connectivity index (χ0n) is 14.9. The second-order valence-corrected chi connectivity index (χ2v) is 9.66. The van der Waals surface area contributed by atoms with Gasteiger partial charge in [0.2, 0.25) is 0 Å². The third-order valence-electron chi connectivity index (χ3n) is 5.13. The average molecular weight is 400 g/mol. The van der Waals surface area contributed by atoms with E-state index in [2.05, 4.69) is 10.2 Å². The summed E-state index contributed by atoms with van der Waals surface area (Å²) in [5.74, 6) is 0. The molecule has 2 fully saturated rings. The highest BCUT2D eigenvalue weighted by molar-refractivity contribution is 7.92. The lowest BCUT2D eigenvalue weighted by molar-refractivity contribution is 0.185. The number of carbonyl (C=O) groups excluding carboxylic acids is 1. The molecule has 6 nitrogen and oxygen atoms in total. The van der Waals surface area contributed by atoms with E-state index in [9.17, 15) is 13.2 Å². The summed E-state index contributed by atoms with van der Waals surface area (Å²) in [5, 5.41) is 2.75. The maximum absolute atomic E-state index is 12.9. The van der Waals surface area contributed by atoms with E-state index in [0.29, 0.717) is 31.0 Å². The Kier molecular flexibility index (Phi) is 6.42. The quantitative estimate of drug-likeness (QED) is 0.825. The SMILES string of the molecule is O=C(NCCN1CCCC1)N1CCCC(S(=O)(=O)c2cccc(Cl)c2)C1. The number of hydrogen-bond acceptors (Lipinski definition) is 4. The standard InChI is InChI=1S/C18H26ClN3O3S/c19-15-5-3-6-16(13-15)26(24,25)17-7-4-11-22(14-17)18(23)20-8-12-21-9-1-2-10-21/h3,5-6,13,17H,1-2,4,7-12,14H2,(H,20,23). The molecular formula is C18H26ClN3O3S. The highest BCUT2D eigenvalue weighted by Crippen LogP contribution is 2.25. The highest BCUT2D eigenvalue weighted by Gasteiger charge is 2.33. The molecule has 0 radical (unpaired) electrons. The van der Waals surface area contributed by atoms with Crippen LogP contribution in [0.1, 0.15) is 25.7 Å². The van der Waals surface area contributed by atoms with Gasteiger partial charge in [-0.15, -0.1) is 0 Å². The fourth-order valence-corrected chi connectivity index (χ4v) is 5.70. The summed E-state index contributed by atoms with van der Waals surface area (Å²) in [6.45, 7) is 4.46. The smallest absolute Gasteiger partial charge is 0.317 e. The molecule has 8 heteroatoms. The van der Waals surface area contributed by atoms with Crippen LogP contribution in [0.25, 0.3) is 0 Å². The molecule has 144 valence electrons. The van der Waals surface area contributed by atoms with Gasteiger partial charge in [-0.2, -0.15) is 0 Å². The van der Waals surface area contributed by atoms with Crippen molar-refractivity contribution in [2.24, 2.45) is 0 Å². The number of nitrogens with zero attached hydrogens (tertiary/aromatic N) is 2. The summed E-state index contributed by atoms with van der Waals surface area (Å²) >= 11 is 5.94. The first-order valence-electron chi connectivity index (χ1n) is 9.21. The molecule has 1 aromatic carbocycles. The number of amides is 2. The van der Waals surface area contributed by atoms with Crippen LogP contribution in [0.15, 0.2) is 29.2 Å². The van der Waals surface area contributed by atoms with Gasteiger partial charge in [0, 0.05) is 31.2 Å². The van der Waals surface area contributed by atoms with Crippen molar-refractivity contribution in [1.82, 2.24) is 15.1 Å². The molecule has 0 saturated carbocycles. The van der Waals surface area contributed by atoms with E-state index in [1.807, 2.05) is 0 Å². The molecule has 1 aromatic rings. The number of likely N-dealkylation sites (tertiary alicyclic amines) is 2. The molecule has 2 heterocycles. The van der Waals surface area contributed by atoms with Crippen LogP contribution in [-0.4, -0.2) is 68.8 Å². The third-order valence-corrected chi connectivity index (χ3v) is 7.54. The number of hydrogen-bond donors (Lipinski definition) is 1. The Hall–Kier alpha value is -1.31. The minimum atomic E-state index is -3.50. The molecule has 0 bridgehead atoms. The fourth-order valence-electron chi connectivity index (χ4n) is 3.65. The molecule has 2 aliphatic rings. The number of carbonyl (C=O) groups is 1. The number of benzene rings is 1. The van der Waals surface area contributed by atoms with Crippen molar-refractivity contribution >= 4 is 27.5 Å². The number of nitrogens with one attached hydrogen (secondary N) is 1. The van der Waals surface area contributed by atoms with Crippen molar-refractivity contribution in [2.75, 3.05) is 39.3 Å². The monoisotopic (exact) mass is 399 g/mol. The van der Waals surface area contributed by atoms with Gasteiger partial charge in [-0.1, -0.05) is 17.7 Å². The molecule has 2 aliphatic heterocycles. The van der Waals surface area contributed by atoms with Crippen LogP contribution in [0, 0.1) is 0 Å². The second kappa shape index (κ2) is 8.59. The molecule has 0 aliphatic carbocycles. The van der Waals surface area contributed by atoms with Crippen molar-refractivity contribution < 1.29 is 13.2 Å². The predicted molar refractivity (Wildman–Crippen MR) is 102 cm³/mol. The van der Waals surface area contributed by atoms with Gasteiger partial charge in [-0.25, -0.2) is 13.2 Å². The number of piperidine rings is 1. The van der Waals surface area contributed by atoms with Crippen LogP contribution in [-0.2, 0) is 9.84 Å². The van der Waals surface area contributed by atoms with Gasteiger partial charge >= 0.3 is 6.03 Å². The average Bonchev–Trinajstić information content (AvgIpc) is 3.15. The Labute approximate surface area is 160 Å². The summed E-state index contributed by atoms with van der Waals surface area (Å²) in [5.41, 5.74) is 0. The normalized spacial score (nSPS) is 21.7. The molecule has 1 unspecified atom stereocenters. The van der Waals surface area contributed by atoms with Gasteiger partial charge in [-0.3, -0.25) is 0 Å². The maximum atomic E-state index is 12.9. The van der Waals surface area contributed by atoms with Gasteiger partial charge in [0.05, 0.1) is 10.1 Å². The predicted octanol–water partition coefficient (Wildman–Crippen LogP) is 2.38. The molecule has 1 atom stereocenters. The minimum absolute atomic E-state index is 0.171. The zero-order valence-corrected chi connectivity index (χ0v) is 16.4. The number of halogens is 1. The van der Waals surface area contributed by atoms with Crippen molar-refractivity contribution in [3.63, 3.8) is 0 Å². The summed E-state index contributed by atoms with van der Waals surface area (Å²) in [6, 6.07) is 6.17. The van der Waals surface area contributed by atoms with Crippen LogP contribution in [0.5, 0.6) is 0 Å². The molecule has 0 spiro atoms. The third kappa shape index (κ3) is 4.69. The van der Waals surface area contributed by atoms with E-state index in [4.69, 9.17) is 11.6 Å². The summed E-state index contributed by atoms with van der Waals surface area (Å²) < 4.78 is 25.7. The first-order valence-corrected chi connectivity index (χ1v) is 11.1. The maximum Gasteiger partial charge on any atom is 0.317 e. The Bertz CT molecular complexity index is 735. The van der Waals surface area contributed by atoms with E-state index < -0.39 is 15.1 Å². The van der Waals surface area contributed by atoms with Gasteiger partial charge in [0.25, 0.3) is 0 Å². The van der Waals surface area contributed by atoms with Gasteiger partial charge in [-0.05, 0) is 57.0 Å². The van der Waals surface area contributed by atoms with E-state index in [1.54, 1.807) is 23.1 Å². The van der Waals surface area contributed by atoms with Gasteiger partial charge in [0.1, 0.15) is 0 Å².